The Labute approximate surface area is 128 Å². The van der Waals surface area contributed by atoms with Gasteiger partial charge in [0.2, 0.25) is 0 Å². The van der Waals surface area contributed by atoms with E-state index in [1.165, 1.54) is 32.5 Å². The third-order valence-corrected chi connectivity index (χ3v) is 3.25. The minimum atomic E-state index is 0. The number of likely N-dealkylation sites (tertiary alicyclic amines) is 1. The monoisotopic (exact) mass is 366 g/mol. The standard InChI is InChI=1S/C13H26N4.HI/c1-4-8-15-13(14-3)16-10-12-7-6-9-17(5-2)11-12;/h4,12H,1,5-11H2,2-3H3,(H2,14,15,16);1H. The highest BCUT2D eigenvalue weighted by molar-refractivity contribution is 14.0. The smallest absolute Gasteiger partial charge is 0.191 e. The van der Waals surface area contributed by atoms with Crippen molar-refractivity contribution in [3.8, 4) is 0 Å². The van der Waals surface area contributed by atoms with Gasteiger partial charge in [-0.2, -0.15) is 0 Å². The van der Waals surface area contributed by atoms with E-state index in [4.69, 9.17) is 0 Å². The van der Waals surface area contributed by atoms with E-state index in [-0.39, 0.29) is 24.0 Å². The average Bonchev–Trinajstić information content (AvgIpc) is 2.39. The van der Waals surface area contributed by atoms with Gasteiger partial charge in [-0.05, 0) is 31.8 Å². The van der Waals surface area contributed by atoms with Crippen molar-refractivity contribution in [1.29, 1.82) is 0 Å². The van der Waals surface area contributed by atoms with E-state index in [0.29, 0.717) is 0 Å². The van der Waals surface area contributed by atoms with Gasteiger partial charge in [0.1, 0.15) is 0 Å². The predicted molar refractivity (Wildman–Crippen MR) is 89.8 cm³/mol. The Morgan fingerprint density at radius 3 is 2.89 bits per heavy atom. The van der Waals surface area contributed by atoms with Gasteiger partial charge >= 0.3 is 0 Å². The molecule has 0 radical (unpaired) electrons. The molecule has 0 aromatic carbocycles. The summed E-state index contributed by atoms with van der Waals surface area (Å²) < 4.78 is 0. The van der Waals surface area contributed by atoms with Crippen LogP contribution in [-0.4, -0.2) is 50.6 Å². The molecule has 2 N–H and O–H groups in total. The molecule has 0 aliphatic carbocycles. The number of hydrogen-bond acceptors (Lipinski definition) is 2. The Hall–Kier alpha value is -0.300. The van der Waals surface area contributed by atoms with Crippen LogP contribution >= 0.6 is 24.0 Å². The first-order valence-electron chi connectivity index (χ1n) is 6.57. The molecular formula is C13H27IN4. The van der Waals surface area contributed by atoms with Crippen molar-refractivity contribution in [1.82, 2.24) is 15.5 Å². The van der Waals surface area contributed by atoms with E-state index in [1.54, 1.807) is 7.05 Å². The van der Waals surface area contributed by atoms with Crippen LogP contribution in [0.15, 0.2) is 17.6 Å². The molecule has 0 saturated carbocycles. The predicted octanol–water partition coefficient (Wildman–Crippen LogP) is 1.69. The third-order valence-electron chi connectivity index (χ3n) is 3.25. The van der Waals surface area contributed by atoms with Crippen molar-refractivity contribution in [2.75, 3.05) is 39.8 Å². The van der Waals surface area contributed by atoms with Crippen LogP contribution in [0.4, 0.5) is 0 Å². The maximum absolute atomic E-state index is 4.18. The van der Waals surface area contributed by atoms with Crippen LogP contribution in [0.2, 0.25) is 0 Å². The van der Waals surface area contributed by atoms with Crippen LogP contribution in [0.1, 0.15) is 19.8 Å². The molecule has 1 rings (SSSR count). The Kier molecular flexibility index (Phi) is 10.4. The van der Waals surface area contributed by atoms with Crippen LogP contribution in [0.5, 0.6) is 0 Å². The van der Waals surface area contributed by atoms with E-state index < -0.39 is 0 Å². The molecule has 0 aromatic heterocycles. The molecule has 4 nitrogen and oxygen atoms in total. The molecule has 1 aliphatic rings. The molecule has 106 valence electrons. The normalized spacial score (nSPS) is 21.0. The van der Waals surface area contributed by atoms with E-state index in [1.807, 2.05) is 6.08 Å². The van der Waals surface area contributed by atoms with Gasteiger partial charge in [-0.15, -0.1) is 30.6 Å². The minimum Gasteiger partial charge on any atom is -0.356 e. The Balaban J connectivity index is 0.00000289. The van der Waals surface area contributed by atoms with Gasteiger partial charge in [0.25, 0.3) is 0 Å². The highest BCUT2D eigenvalue weighted by atomic mass is 127. The van der Waals surface area contributed by atoms with E-state index in [2.05, 4.69) is 34.0 Å². The molecule has 1 unspecified atom stereocenters. The van der Waals surface area contributed by atoms with Crippen LogP contribution in [0, 0.1) is 5.92 Å². The van der Waals surface area contributed by atoms with Gasteiger partial charge in [-0.25, -0.2) is 0 Å². The van der Waals surface area contributed by atoms with Gasteiger partial charge in [0.15, 0.2) is 5.96 Å². The average molecular weight is 366 g/mol. The topological polar surface area (TPSA) is 39.7 Å². The number of piperidine rings is 1. The van der Waals surface area contributed by atoms with Crippen molar-refractivity contribution >= 4 is 29.9 Å². The minimum absolute atomic E-state index is 0. The highest BCUT2D eigenvalue weighted by Gasteiger charge is 2.18. The van der Waals surface area contributed by atoms with Crippen molar-refractivity contribution in [3.05, 3.63) is 12.7 Å². The van der Waals surface area contributed by atoms with Crippen molar-refractivity contribution in [3.63, 3.8) is 0 Å². The number of halogens is 1. The SMILES string of the molecule is C=CCNC(=NC)NCC1CCCN(CC)C1.I. The number of hydrogen-bond donors (Lipinski definition) is 2. The molecule has 1 fully saturated rings. The fraction of sp³-hybridized carbons (Fsp3) is 0.769. The zero-order valence-corrected chi connectivity index (χ0v) is 13.9. The number of nitrogens with one attached hydrogen (secondary N) is 2. The number of guanidine groups is 1. The fourth-order valence-electron chi connectivity index (χ4n) is 2.24. The zero-order valence-electron chi connectivity index (χ0n) is 11.6. The zero-order chi connectivity index (χ0) is 12.5. The first kappa shape index (κ1) is 17.7. The highest BCUT2D eigenvalue weighted by Crippen LogP contribution is 2.14. The summed E-state index contributed by atoms with van der Waals surface area (Å²) in [6.07, 6.45) is 4.48. The molecule has 18 heavy (non-hydrogen) atoms. The molecule has 0 spiro atoms. The molecule has 1 aliphatic heterocycles. The lowest BCUT2D eigenvalue weighted by Gasteiger charge is -2.32. The van der Waals surface area contributed by atoms with Crippen LogP contribution in [-0.2, 0) is 0 Å². The lowest BCUT2D eigenvalue weighted by atomic mass is 9.98. The first-order valence-corrected chi connectivity index (χ1v) is 6.57. The number of rotatable bonds is 5. The molecule has 0 aromatic rings. The summed E-state index contributed by atoms with van der Waals surface area (Å²) in [6, 6.07) is 0. The lowest BCUT2D eigenvalue weighted by Crippen LogP contribution is -2.44. The largest absolute Gasteiger partial charge is 0.356 e. The van der Waals surface area contributed by atoms with Gasteiger partial charge in [-0.3, -0.25) is 4.99 Å². The van der Waals surface area contributed by atoms with Gasteiger partial charge in [0.05, 0.1) is 0 Å². The van der Waals surface area contributed by atoms with E-state index in [0.717, 1.165) is 25.0 Å². The molecular weight excluding hydrogens is 339 g/mol. The summed E-state index contributed by atoms with van der Waals surface area (Å²) >= 11 is 0. The summed E-state index contributed by atoms with van der Waals surface area (Å²) in [7, 11) is 1.80. The molecule has 0 amide bonds. The van der Waals surface area contributed by atoms with Crippen molar-refractivity contribution in [2.24, 2.45) is 10.9 Å². The van der Waals surface area contributed by atoms with Gasteiger partial charge in [0, 0.05) is 26.7 Å². The molecule has 5 heteroatoms. The van der Waals surface area contributed by atoms with Crippen molar-refractivity contribution in [2.45, 2.75) is 19.8 Å². The van der Waals surface area contributed by atoms with Gasteiger partial charge < -0.3 is 15.5 Å². The second-order valence-corrected chi connectivity index (χ2v) is 4.52. The van der Waals surface area contributed by atoms with E-state index >= 15 is 0 Å². The van der Waals surface area contributed by atoms with Gasteiger partial charge in [-0.1, -0.05) is 13.0 Å². The Bertz CT molecular complexity index is 255. The number of aliphatic imine (C=N–C) groups is 1. The summed E-state index contributed by atoms with van der Waals surface area (Å²) in [4.78, 5) is 6.71. The van der Waals surface area contributed by atoms with E-state index in [9.17, 15) is 0 Å². The molecule has 1 saturated heterocycles. The molecule has 1 atom stereocenters. The fourth-order valence-corrected chi connectivity index (χ4v) is 2.24. The molecule has 1 heterocycles. The second-order valence-electron chi connectivity index (χ2n) is 4.52. The molecule has 0 bridgehead atoms. The van der Waals surface area contributed by atoms with Crippen molar-refractivity contribution < 1.29 is 0 Å². The third kappa shape index (κ3) is 6.58. The first-order chi connectivity index (χ1) is 8.30. The summed E-state index contributed by atoms with van der Waals surface area (Å²) in [6.45, 7) is 11.3. The summed E-state index contributed by atoms with van der Waals surface area (Å²) in [5, 5.41) is 6.57. The quantitative estimate of drug-likeness (QED) is 0.337. The Morgan fingerprint density at radius 1 is 1.50 bits per heavy atom. The number of nitrogens with zero attached hydrogens (tertiary/aromatic N) is 2. The summed E-state index contributed by atoms with van der Waals surface area (Å²) in [5.41, 5.74) is 0. The van der Waals surface area contributed by atoms with Crippen LogP contribution in [0.3, 0.4) is 0 Å². The Morgan fingerprint density at radius 2 is 2.28 bits per heavy atom. The van der Waals surface area contributed by atoms with Crippen LogP contribution in [0.25, 0.3) is 0 Å². The lowest BCUT2D eigenvalue weighted by molar-refractivity contribution is 0.183. The second kappa shape index (κ2) is 10.6. The maximum Gasteiger partial charge on any atom is 0.191 e. The van der Waals surface area contributed by atoms with Crippen LogP contribution < -0.4 is 10.6 Å². The maximum atomic E-state index is 4.18. The summed E-state index contributed by atoms with van der Waals surface area (Å²) in [5.74, 6) is 1.62.